The van der Waals surface area contributed by atoms with Crippen molar-refractivity contribution in [2.45, 2.75) is 9.79 Å². The summed E-state index contributed by atoms with van der Waals surface area (Å²) in [4.78, 5) is 11.9. The van der Waals surface area contributed by atoms with E-state index in [1.54, 1.807) is 4.90 Å². The lowest BCUT2D eigenvalue weighted by Crippen LogP contribution is -2.13. The van der Waals surface area contributed by atoms with Gasteiger partial charge in [-0.25, -0.2) is 0 Å². The van der Waals surface area contributed by atoms with Crippen molar-refractivity contribution in [3.8, 4) is 0 Å². The lowest BCUT2D eigenvalue weighted by Gasteiger charge is -2.12. The van der Waals surface area contributed by atoms with Gasteiger partial charge in [-0.05, 0) is 12.1 Å². The predicted molar refractivity (Wildman–Crippen MR) is 76.9 cm³/mol. The average Bonchev–Trinajstić information content (AvgIpc) is 2.34. The molecular weight excluding hydrogens is 289 g/mol. The van der Waals surface area contributed by atoms with E-state index in [2.05, 4.69) is 9.97 Å². The second-order valence-electron chi connectivity index (χ2n) is 3.74. The van der Waals surface area contributed by atoms with Gasteiger partial charge in [-0.15, -0.1) is 0 Å². The van der Waals surface area contributed by atoms with Gasteiger partial charge in [-0.1, -0.05) is 53.2 Å². The molecule has 2 rings (SSSR count). The van der Waals surface area contributed by atoms with Gasteiger partial charge in [0.2, 0.25) is 5.95 Å². The van der Waals surface area contributed by atoms with Crippen molar-refractivity contribution in [1.82, 2.24) is 9.97 Å². The Kier molecular flexibility index (Phi) is 4.32. The highest BCUT2D eigenvalue weighted by molar-refractivity contribution is 7.99. The molecule has 0 saturated heterocycles. The first kappa shape index (κ1) is 13.5. The summed E-state index contributed by atoms with van der Waals surface area (Å²) in [5, 5.41) is 0.736. The minimum atomic E-state index is 0.368. The van der Waals surface area contributed by atoms with Crippen LogP contribution in [0.15, 0.2) is 40.1 Å². The van der Waals surface area contributed by atoms with Gasteiger partial charge in [-0.2, -0.15) is 9.97 Å². The number of hydrogen-bond acceptors (Lipinski definition) is 4. The number of hydrogen-bond donors (Lipinski definition) is 0. The van der Waals surface area contributed by atoms with E-state index in [9.17, 15) is 0 Å². The zero-order valence-electron chi connectivity index (χ0n) is 9.89. The van der Waals surface area contributed by atoms with E-state index in [-0.39, 0.29) is 0 Å². The molecule has 2 aromatic rings. The van der Waals surface area contributed by atoms with Crippen LogP contribution in [0.4, 0.5) is 5.95 Å². The maximum atomic E-state index is 6.15. The highest BCUT2D eigenvalue weighted by Crippen LogP contribution is 2.37. The molecule has 0 fully saturated rings. The molecule has 0 aliphatic rings. The summed E-state index contributed by atoms with van der Waals surface area (Å²) < 4.78 is 0. The topological polar surface area (TPSA) is 29.0 Å². The second kappa shape index (κ2) is 5.78. The first-order valence-electron chi connectivity index (χ1n) is 5.21. The van der Waals surface area contributed by atoms with Crippen LogP contribution in [0.2, 0.25) is 10.3 Å². The molecule has 0 radical (unpaired) electrons. The molecule has 1 aromatic heterocycles. The number of halogens is 2. The van der Waals surface area contributed by atoms with E-state index in [1.165, 1.54) is 11.8 Å². The van der Waals surface area contributed by atoms with Crippen molar-refractivity contribution in [3.05, 3.63) is 40.6 Å². The molecule has 0 atom stereocenters. The van der Waals surface area contributed by atoms with Crippen molar-refractivity contribution in [1.29, 1.82) is 0 Å². The van der Waals surface area contributed by atoms with Crippen LogP contribution in [0.1, 0.15) is 0 Å². The minimum absolute atomic E-state index is 0.368. The van der Waals surface area contributed by atoms with Gasteiger partial charge in [0, 0.05) is 19.0 Å². The number of benzene rings is 1. The smallest absolute Gasteiger partial charge is 0.227 e. The molecule has 0 unspecified atom stereocenters. The van der Waals surface area contributed by atoms with Crippen LogP contribution in [-0.4, -0.2) is 24.1 Å². The van der Waals surface area contributed by atoms with E-state index < -0.39 is 0 Å². The summed E-state index contributed by atoms with van der Waals surface area (Å²) >= 11 is 13.7. The van der Waals surface area contributed by atoms with Crippen LogP contribution >= 0.6 is 35.0 Å². The molecule has 18 heavy (non-hydrogen) atoms. The van der Waals surface area contributed by atoms with Gasteiger partial charge in [0.15, 0.2) is 0 Å². The van der Waals surface area contributed by atoms with E-state index in [1.807, 2.05) is 44.4 Å². The number of nitrogens with zero attached hydrogens (tertiary/aromatic N) is 3. The van der Waals surface area contributed by atoms with Gasteiger partial charge in [0.05, 0.1) is 4.90 Å². The molecule has 1 aromatic carbocycles. The van der Waals surface area contributed by atoms with Crippen LogP contribution in [0.25, 0.3) is 0 Å². The largest absolute Gasteiger partial charge is 0.347 e. The maximum absolute atomic E-state index is 6.15. The number of aromatic nitrogens is 2. The molecule has 94 valence electrons. The van der Waals surface area contributed by atoms with E-state index >= 15 is 0 Å². The van der Waals surface area contributed by atoms with Crippen LogP contribution < -0.4 is 4.90 Å². The highest BCUT2D eigenvalue weighted by atomic mass is 35.5. The van der Waals surface area contributed by atoms with Gasteiger partial charge in [-0.3, -0.25) is 0 Å². The van der Waals surface area contributed by atoms with Gasteiger partial charge in [0.1, 0.15) is 10.3 Å². The van der Waals surface area contributed by atoms with Crippen molar-refractivity contribution in [2.75, 3.05) is 19.0 Å². The van der Waals surface area contributed by atoms with E-state index in [0.717, 1.165) is 4.90 Å². The fourth-order valence-electron chi connectivity index (χ4n) is 1.28. The third-order valence-corrected chi connectivity index (χ3v) is 4.00. The Morgan fingerprint density at radius 2 is 1.56 bits per heavy atom. The Morgan fingerprint density at radius 3 is 2.06 bits per heavy atom. The first-order valence-corrected chi connectivity index (χ1v) is 6.78. The van der Waals surface area contributed by atoms with Gasteiger partial charge >= 0.3 is 0 Å². The molecule has 0 spiro atoms. The number of anilines is 1. The average molecular weight is 300 g/mol. The minimum Gasteiger partial charge on any atom is -0.347 e. The number of rotatable bonds is 3. The quantitative estimate of drug-likeness (QED) is 0.801. The Morgan fingerprint density at radius 1 is 1.00 bits per heavy atom. The normalized spacial score (nSPS) is 10.4. The van der Waals surface area contributed by atoms with Gasteiger partial charge < -0.3 is 4.90 Å². The Hall–Kier alpha value is -0.970. The predicted octanol–water partition coefficient (Wildman–Crippen LogP) is 4.00. The zero-order chi connectivity index (χ0) is 13.1. The van der Waals surface area contributed by atoms with Crippen LogP contribution in [0.3, 0.4) is 0 Å². The summed E-state index contributed by atoms with van der Waals surface area (Å²) in [5.74, 6) is 0.502. The first-order chi connectivity index (χ1) is 8.58. The summed E-state index contributed by atoms with van der Waals surface area (Å²) in [6.45, 7) is 0. The molecule has 0 N–H and O–H groups in total. The SMILES string of the molecule is CN(C)c1nc(Cl)c(Sc2ccccc2)c(Cl)n1. The van der Waals surface area contributed by atoms with Crippen LogP contribution in [-0.2, 0) is 0 Å². The monoisotopic (exact) mass is 299 g/mol. The summed E-state index contributed by atoms with van der Waals surface area (Å²) in [5.41, 5.74) is 0. The molecular formula is C12H11Cl2N3S. The Bertz CT molecular complexity index is 523. The van der Waals surface area contributed by atoms with Gasteiger partial charge in [0.25, 0.3) is 0 Å². The molecule has 3 nitrogen and oxygen atoms in total. The molecule has 0 saturated carbocycles. The van der Waals surface area contributed by atoms with Crippen molar-refractivity contribution >= 4 is 40.9 Å². The third-order valence-electron chi connectivity index (χ3n) is 2.13. The fourth-order valence-corrected chi connectivity index (χ4v) is 2.68. The Balaban J connectivity index is 2.34. The molecule has 0 aliphatic carbocycles. The van der Waals surface area contributed by atoms with Crippen molar-refractivity contribution in [3.63, 3.8) is 0 Å². The van der Waals surface area contributed by atoms with E-state index in [4.69, 9.17) is 23.2 Å². The summed E-state index contributed by atoms with van der Waals surface area (Å²) in [6, 6.07) is 9.84. The molecule has 0 aliphatic heterocycles. The fraction of sp³-hybridized carbons (Fsp3) is 0.167. The standard InChI is InChI=1S/C12H11Cl2N3S/c1-17(2)12-15-10(13)9(11(14)16-12)18-8-6-4-3-5-7-8/h3-7H,1-2H3. The van der Waals surface area contributed by atoms with E-state index in [0.29, 0.717) is 21.2 Å². The lowest BCUT2D eigenvalue weighted by molar-refractivity contribution is 0.976. The third kappa shape index (κ3) is 3.07. The second-order valence-corrected chi connectivity index (χ2v) is 5.54. The maximum Gasteiger partial charge on any atom is 0.227 e. The molecule has 0 amide bonds. The molecule has 0 bridgehead atoms. The lowest BCUT2D eigenvalue weighted by atomic mass is 10.4. The van der Waals surface area contributed by atoms with Crippen LogP contribution in [0, 0.1) is 0 Å². The molecule has 1 heterocycles. The summed E-state index contributed by atoms with van der Waals surface area (Å²) in [6.07, 6.45) is 0. The Labute approximate surface area is 120 Å². The van der Waals surface area contributed by atoms with Crippen LogP contribution in [0.5, 0.6) is 0 Å². The summed E-state index contributed by atoms with van der Waals surface area (Å²) in [7, 11) is 3.68. The zero-order valence-corrected chi connectivity index (χ0v) is 12.2. The molecule has 6 heteroatoms. The van der Waals surface area contributed by atoms with Crippen molar-refractivity contribution < 1.29 is 0 Å². The van der Waals surface area contributed by atoms with Crippen molar-refractivity contribution in [2.24, 2.45) is 0 Å². The highest BCUT2D eigenvalue weighted by Gasteiger charge is 2.13.